The van der Waals surface area contributed by atoms with Gasteiger partial charge in [-0.25, -0.2) is 0 Å². The number of hydrogen-bond donors (Lipinski definition) is 0. The number of hydrogen-bond acceptors (Lipinski definition) is 0. The lowest BCUT2D eigenvalue weighted by atomic mass is 10.1. The highest BCUT2D eigenvalue weighted by Gasteiger charge is 2.40. The third-order valence-electron chi connectivity index (χ3n) is 4.86. The molecule has 4 rings (SSSR count). The van der Waals surface area contributed by atoms with Crippen LogP contribution in [0.25, 0.3) is 21.5 Å². The van der Waals surface area contributed by atoms with Crippen molar-refractivity contribution >= 4 is 40.3 Å². The van der Waals surface area contributed by atoms with E-state index in [-0.39, 0.29) is 0 Å². The topological polar surface area (TPSA) is 0 Å². The summed E-state index contributed by atoms with van der Waals surface area (Å²) in [5.74, 6) is 0. The highest BCUT2D eigenvalue weighted by atomic mass is 28.4. The third kappa shape index (κ3) is 2.59. The van der Waals surface area contributed by atoms with Gasteiger partial charge in [0.1, 0.15) is 0 Å². The lowest BCUT2D eigenvalue weighted by molar-refractivity contribution is 0.823. The third-order valence-corrected chi connectivity index (χ3v) is 8.29. The van der Waals surface area contributed by atoms with Gasteiger partial charge in [0, 0.05) is 0 Å². The molecule has 0 spiro atoms. The van der Waals surface area contributed by atoms with Crippen LogP contribution in [0.3, 0.4) is 0 Å². The van der Waals surface area contributed by atoms with Gasteiger partial charge in [-0.1, -0.05) is 91.0 Å². The van der Waals surface area contributed by atoms with Crippen LogP contribution in [0.5, 0.6) is 0 Å². The minimum absolute atomic E-state index is 0.370. The van der Waals surface area contributed by atoms with Crippen molar-refractivity contribution in [1.29, 1.82) is 0 Å². The van der Waals surface area contributed by atoms with E-state index in [2.05, 4.69) is 6.58 Å². The molecule has 0 aliphatic rings. The predicted octanol–water partition coefficient (Wildman–Crippen LogP) is 5.21. The molecule has 0 aliphatic heterocycles. The molecule has 0 bridgehead atoms. The Labute approximate surface area is 148 Å². The quantitative estimate of drug-likeness (QED) is 0.271. The van der Waals surface area contributed by atoms with Crippen molar-refractivity contribution in [1.82, 2.24) is 0 Å². The molecule has 0 nitrogen and oxygen atoms in total. The molecule has 0 unspecified atom stereocenters. The van der Waals surface area contributed by atoms with E-state index in [9.17, 15) is 0 Å². The average Bonchev–Trinajstić information content (AvgIpc) is 2.67. The van der Waals surface area contributed by atoms with Crippen molar-refractivity contribution in [2.75, 3.05) is 0 Å². The summed E-state index contributed by atoms with van der Waals surface area (Å²) in [7, 11) is -3.45. The summed E-state index contributed by atoms with van der Waals surface area (Å²) in [6.07, 6.45) is 1.73. The molecule has 0 aromatic heterocycles. The zero-order chi connectivity index (χ0) is 17.3. The van der Waals surface area contributed by atoms with Gasteiger partial charge in [0.2, 0.25) is 0 Å². The molecule has 25 heavy (non-hydrogen) atoms. The summed E-state index contributed by atoms with van der Waals surface area (Å²) in [4.78, 5) is 0. The number of rotatable bonds is 4. The second-order valence-electron chi connectivity index (χ2n) is 6.35. The summed E-state index contributed by atoms with van der Waals surface area (Å²) in [6, 6.07) is 28.4. The Morgan fingerprint density at radius 1 is 0.680 bits per heavy atom. The molecular weight excluding hydrogens is 323 g/mol. The molecule has 0 saturated heterocycles. The van der Waals surface area contributed by atoms with E-state index in [0.29, 0.717) is 6.04 Å². The minimum Gasteiger partial charge on any atom is -0.301 e. The van der Waals surface area contributed by atoms with Crippen LogP contribution in [0.15, 0.2) is 97.6 Å². The molecule has 4 aromatic carbocycles. The molecule has 0 aliphatic carbocycles. The maximum absolute atomic E-state index is 16.8. The molecule has 0 atom stereocenters. The van der Waals surface area contributed by atoms with Gasteiger partial charge in [-0.15, -0.1) is 6.58 Å². The van der Waals surface area contributed by atoms with E-state index in [1.165, 1.54) is 0 Å². The Balaban J connectivity index is 2.06. The second kappa shape index (κ2) is 6.30. The molecule has 0 heterocycles. The number of halogens is 1. The van der Waals surface area contributed by atoms with Gasteiger partial charge in [-0.3, -0.25) is 0 Å². The van der Waals surface area contributed by atoms with Crippen LogP contribution in [0.2, 0.25) is 6.04 Å². The fourth-order valence-corrected chi connectivity index (χ4v) is 6.86. The van der Waals surface area contributed by atoms with Crippen LogP contribution in [0.1, 0.15) is 0 Å². The van der Waals surface area contributed by atoms with Crippen LogP contribution in [-0.4, -0.2) is 8.41 Å². The van der Waals surface area contributed by atoms with Crippen molar-refractivity contribution in [2.45, 2.75) is 6.04 Å². The summed E-state index contributed by atoms with van der Waals surface area (Å²) in [5.41, 5.74) is 0. The van der Waals surface area contributed by atoms with Gasteiger partial charge in [0.05, 0.1) is 0 Å². The fourth-order valence-electron chi connectivity index (χ4n) is 3.71. The van der Waals surface area contributed by atoms with E-state index in [0.717, 1.165) is 31.9 Å². The summed E-state index contributed by atoms with van der Waals surface area (Å²) >= 11 is 0. The summed E-state index contributed by atoms with van der Waals surface area (Å²) in [6.45, 7) is 3.85. The number of benzene rings is 4. The van der Waals surface area contributed by atoms with Gasteiger partial charge in [0.25, 0.3) is 0 Å². The normalized spacial score (nSPS) is 11.7. The first kappa shape index (κ1) is 15.8. The molecule has 0 radical (unpaired) electrons. The van der Waals surface area contributed by atoms with Gasteiger partial charge < -0.3 is 4.11 Å². The zero-order valence-electron chi connectivity index (χ0n) is 14.0. The highest BCUT2D eigenvalue weighted by molar-refractivity contribution is 7.00. The molecule has 4 aromatic rings. The first-order valence-corrected chi connectivity index (χ1v) is 10.6. The average molecular weight is 342 g/mol. The first-order chi connectivity index (χ1) is 12.2. The van der Waals surface area contributed by atoms with Crippen molar-refractivity contribution in [3.05, 3.63) is 97.6 Å². The minimum atomic E-state index is -3.45. The second-order valence-corrected chi connectivity index (χ2v) is 9.44. The lowest BCUT2D eigenvalue weighted by Crippen LogP contribution is -2.54. The van der Waals surface area contributed by atoms with Gasteiger partial charge in [-0.05, 0) is 38.0 Å². The molecular formula is C23H19FSi. The standard InChI is InChI=1S/C23H19FSi/c1-2-17-25(24,22-15-7-11-18-9-3-5-13-20(18)22)23-16-8-12-19-10-4-6-14-21(19)23/h2-16H,1,17H2. The first-order valence-electron chi connectivity index (χ1n) is 8.50. The summed E-state index contributed by atoms with van der Waals surface area (Å²) < 4.78 is 16.8. The van der Waals surface area contributed by atoms with Crippen LogP contribution < -0.4 is 10.4 Å². The Kier molecular flexibility index (Phi) is 3.98. The van der Waals surface area contributed by atoms with E-state index < -0.39 is 8.41 Å². The SMILES string of the molecule is C=CC[Si](F)(c1cccc2ccccc12)c1cccc2ccccc12. The fraction of sp³-hybridized carbons (Fsp3) is 0.0435. The van der Waals surface area contributed by atoms with E-state index in [4.69, 9.17) is 0 Å². The van der Waals surface area contributed by atoms with Crippen molar-refractivity contribution < 1.29 is 4.11 Å². The molecule has 0 fully saturated rings. The van der Waals surface area contributed by atoms with Crippen molar-refractivity contribution in [3.8, 4) is 0 Å². The maximum atomic E-state index is 16.8. The molecule has 0 saturated carbocycles. The van der Waals surface area contributed by atoms with Gasteiger partial charge in [0.15, 0.2) is 0 Å². The van der Waals surface area contributed by atoms with E-state index in [1.807, 2.05) is 84.9 Å². The Bertz CT molecular complexity index is 978. The van der Waals surface area contributed by atoms with Crippen LogP contribution in [-0.2, 0) is 0 Å². The molecule has 0 N–H and O–H groups in total. The Hall–Kier alpha value is -2.71. The number of allylic oxidation sites excluding steroid dienone is 1. The monoisotopic (exact) mass is 342 g/mol. The Morgan fingerprint density at radius 3 is 1.60 bits per heavy atom. The van der Waals surface area contributed by atoms with E-state index >= 15 is 4.11 Å². The molecule has 2 heteroatoms. The molecule has 122 valence electrons. The predicted molar refractivity (Wildman–Crippen MR) is 109 cm³/mol. The Morgan fingerprint density at radius 2 is 1.12 bits per heavy atom. The van der Waals surface area contributed by atoms with Crippen LogP contribution in [0, 0.1) is 0 Å². The van der Waals surface area contributed by atoms with Crippen molar-refractivity contribution in [3.63, 3.8) is 0 Å². The van der Waals surface area contributed by atoms with Crippen molar-refractivity contribution in [2.24, 2.45) is 0 Å². The smallest absolute Gasteiger partial charge is 0.301 e. The van der Waals surface area contributed by atoms with E-state index in [1.54, 1.807) is 6.08 Å². The largest absolute Gasteiger partial charge is 0.313 e. The summed E-state index contributed by atoms with van der Waals surface area (Å²) in [5, 5.41) is 5.85. The zero-order valence-corrected chi connectivity index (χ0v) is 15.0. The highest BCUT2D eigenvalue weighted by Crippen LogP contribution is 2.23. The van der Waals surface area contributed by atoms with Crippen LogP contribution >= 0.6 is 0 Å². The van der Waals surface area contributed by atoms with Gasteiger partial charge >= 0.3 is 8.41 Å². The van der Waals surface area contributed by atoms with Crippen LogP contribution in [0.4, 0.5) is 4.11 Å². The number of fused-ring (bicyclic) bond motifs is 2. The molecule has 0 amide bonds. The lowest BCUT2D eigenvalue weighted by Gasteiger charge is -2.25. The van der Waals surface area contributed by atoms with Gasteiger partial charge in [-0.2, -0.15) is 0 Å². The maximum Gasteiger partial charge on any atom is 0.313 e.